The number of carbonyl (C=O) groups is 3. The summed E-state index contributed by atoms with van der Waals surface area (Å²) in [6, 6.07) is -0.626. The molecule has 176 valence electrons. The van der Waals surface area contributed by atoms with Crippen LogP contribution in [-0.4, -0.2) is 88.2 Å². The van der Waals surface area contributed by atoms with Crippen LogP contribution in [0.2, 0.25) is 0 Å². The maximum absolute atomic E-state index is 13.6. The molecule has 0 unspecified atom stereocenters. The van der Waals surface area contributed by atoms with Gasteiger partial charge in [0.05, 0.1) is 16.7 Å². The van der Waals surface area contributed by atoms with E-state index < -0.39 is 93.9 Å². The Morgan fingerprint density at radius 3 is 2.25 bits per heavy atom. The van der Waals surface area contributed by atoms with Gasteiger partial charge >= 0.3 is 17.9 Å². The van der Waals surface area contributed by atoms with E-state index in [-0.39, 0.29) is 0 Å². The van der Waals surface area contributed by atoms with E-state index in [1.54, 1.807) is 7.05 Å². The zero-order chi connectivity index (χ0) is 23.4. The van der Waals surface area contributed by atoms with Gasteiger partial charge in [-0.1, -0.05) is 20.8 Å². The Hall–Kier alpha value is -1.79. The molecule has 2 spiro atoms. The highest BCUT2D eigenvalue weighted by molar-refractivity contribution is 5.94. The highest BCUT2D eigenvalue weighted by Gasteiger charge is 3.05. The van der Waals surface area contributed by atoms with Crippen LogP contribution in [0.5, 0.6) is 0 Å². The molecule has 0 aromatic rings. The zero-order valence-corrected chi connectivity index (χ0v) is 18.3. The first-order chi connectivity index (χ1) is 14.8. The summed E-state index contributed by atoms with van der Waals surface area (Å²) in [5.74, 6) is -4.54. The summed E-state index contributed by atoms with van der Waals surface area (Å²) in [6.07, 6.45) is -7.47. The van der Waals surface area contributed by atoms with Gasteiger partial charge in [0.15, 0.2) is 17.8 Å². The molecule has 2 saturated carbocycles. The summed E-state index contributed by atoms with van der Waals surface area (Å²) in [6.45, 7) is 7.11. The van der Waals surface area contributed by atoms with Crippen LogP contribution >= 0.6 is 0 Å². The number of hydrogen-bond acceptors (Lipinski definition) is 11. The van der Waals surface area contributed by atoms with E-state index >= 15 is 0 Å². The van der Waals surface area contributed by atoms with Gasteiger partial charge in [-0.25, -0.2) is 9.59 Å². The third-order valence-corrected chi connectivity index (χ3v) is 9.32. The molecule has 11 heteroatoms. The summed E-state index contributed by atoms with van der Waals surface area (Å²) < 4.78 is 22.8. The van der Waals surface area contributed by atoms with Gasteiger partial charge < -0.3 is 39.6 Å². The number of rotatable bonds is 1. The third kappa shape index (κ3) is 1.49. The number of aliphatic hydroxyl groups excluding tert-OH is 2. The average molecular weight is 453 g/mol. The maximum Gasteiger partial charge on any atom is 0.343 e. The van der Waals surface area contributed by atoms with Crippen molar-refractivity contribution in [2.24, 2.45) is 28.1 Å². The molecule has 0 radical (unpaired) electrons. The molecule has 0 aromatic carbocycles. The molecule has 6 rings (SSSR count). The molecule has 2 aliphatic carbocycles. The molecule has 0 bridgehead atoms. The highest BCUT2D eigenvalue weighted by atomic mass is 16.8. The average Bonchev–Trinajstić information content (AvgIpc) is 3.40. The van der Waals surface area contributed by atoms with Gasteiger partial charge in [0, 0.05) is 6.04 Å². The quantitative estimate of drug-likeness (QED) is 0.253. The highest BCUT2D eigenvalue weighted by Crippen LogP contribution is 2.84. The van der Waals surface area contributed by atoms with Crippen LogP contribution in [-0.2, 0) is 33.3 Å². The Balaban J connectivity index is 1.75. The second-order valence-electron chi connectivity index (χ2n) is 11.1. The van der Waals surface area contributed by atoms with Crippen molar-refractivity contribution in [3.05, 3.63) is 0 Å². The van der Waals surface area contributed by atoms with Crippen molar-refractivity contribution in [2.75, 3.05) is 7.05 Å². The summed E-state index contributed by atoms with van der Waals surface area (Å²) in [4.78, 5) is 38.8. The first kappa shape index (κ1) is 20.8. The van der Waals surface area contributed by atoms with Crippen LogP contribution in [0, 0.1) is 28.1 Å². The van der Waals surface area contributed by atoms with Gasteiger partial charge in [-0.2, -0.15) is 0 Å². The summed E-state index contributed by atoms with van der Waals surface area (Å²) >= 11 is 0. The lowest BCUT2D eigenvalue weighted by atomic mass is 9.51. The second kappa shape index (κ2) is 5.30. The number of aliphatic hydroxyl groups is 3. The third-order valence-electron chi connectivity index (χ3n) is 9.32. The molecular formula is C21H27NO10. The molecule has 11 nitrogen and oxygen atoms in total. The Bertz CT molecular complexity index is 978. The lowest BCUT2D eigenvalue weighted by Crippen LogP contribution is -2.67. The number of esters is 3. The lowest BCUT2D eigenvalue weighted by Gasteiger charge is -2.47. The largest absolute Gasteiger partial charge is 0.458 e. The lowest BCUT2D eigenvalue weighted by molar-refractivity contribution is -0.240. The molecule has 32 heavy (non-hydrogen) atoms. The molecule has 4 aliphatic heterocycles. The molecule has 0 amide bonds. The van der Waals surface area contributed by atoms with E-state index in [1.165, 1.54) is 6.92 Å². The van der Waals surface area contributed by atoms with Crippen LogP contribution in [0.1, 0.15) is 27.7 Å². The fourth-order valence-corrected chi connectivity index (χ4v) is 8.64. The molecule has 4 saturated heterocycles. The van der Waals surface area contributed by atoms with Crippen molar-refractivity contribution < 1.29 is 48.7 Å². The van der Waals surface area contributed by atoms with Gasteiger partial charge in [0.25, 0.3) is 0 Å². The minimum atomic E-state index is -2.29. The molecule has 0 aromatic heterocycles. The van der Waals surface area contributed by atoms with Crippen LogP contribution in [0.3, 0.4) is 0 Å². The van der Waals surface area contributed by atoms with Gasteiger partial charge in [0.2, 0.25) is 11.9 Å². The molecule has 6 aliphatic rings. The second-order valence-corrected chi connectivity index (χ2v) is 11.1. The number of nitrogens with one attached hydrogen (secondary N) is 1. The number of ether oxygens (including phenoxy) is 4. The van der Waals surface area contributed by atoms with Crippen LogP contribution in [0.15, 0.2) is 0 Å². The van der Waals surface area contributed by atoms with Crippen LogP contribution in [0.4, 0.5) is 0 Å². The Labute approximate surface area is 183 Å². The van der Waals surface area contributed by atoms with E-state index in [1.807, 2.05) is 20.8 Å². The standard InChI is InChI=1S/C21H27NO10/c1-6-13(25)29-12-9(23)19-11-7(22-5)8(17(2,3)4)18(19)10(24)14(26)31-16(18)32-21(19,15(27)30-11)20(6,12)28/h6-12,16,22-24,28H,1-5H3/t6-,7+,8+,9+,10+,11-,12+,16+,18-,19+,20-,21-/m1/s1. The van der Waals surface area contributed by atoms with E-state index in [0.717, 1.165) is 0 Å². The number of carbonyl (C=O) groups excluding carboxylic acids is 3. The summed E-state index contributed by atoms with van der Waals surface area (Å²) in [7, 11) is 1.66. The normalized spacial score (nSPS) is 59.4. The van der Waals surface area contributed by atoms with Gasteiger partial charge in [-0.05, 0) is 25.3 Å². The van der Waals surface area contributed by atoms with Crippen LogP contribution in [0.25, 0.3) is 0 Å². The smallest absolute Gasteiger partial charge is 0.343 e. The fourth-order valence-electron chi connectivity index (χ4n) is 8.64. The maximum atomic E-state index is 13.6. The van der Waals surface area contributed by atoms with Crippen molar-refractivity contribution in [1.82, 2.24) is 5.32 Å². The predicted octanol–water partition coefficient (Wildman–Crippen LogP) is -2.17. The Morgan fingerprint density at radius 1 is 1.00 bits per heavy atom. The van der Waals surface area contributed by atoms with E-state index in [0.29, 0.717) is 0 Å². The Kier molecular flexibility index (Phi) is 3.45. The van der Waals surface area contributed by atoms with Gasteiger partial charge in [-0.15, -0.1) is 0 Å². The molecule has 12 atom stereocenters. The minimum absolute atomic E-state index is 0.602. The van der Waals surface area contributed by atoms with E-state index in [9.17, 15) is 29.7 Å². The first-order valence-electron chi connectivity index (χ1n) is 10.9. The zero-order valence-electron chi connectivity index (χ0n) is 18.3. The molecule has 4 N–H and O–H groups in total. The number of fused-ring (bicyclic) bond motifs is 1. The van der Waals surface area contributed by atoms with Gasteiger partial charge in [0.1, 0.15) is 12.2 Å². The van der Waals surface area contributed by atoms with E-state index in [4.69, 9.17) is 18.9 Å². The van der Waals surface area contributed by atoms with Crippen molar-refractivity contribution >= 4 is 17.9 Å². The number of hydrogen-bond donors (Lipinski definition) is 4. The molecular weight excluding hydrogens is 426 g/mol. The summed E-state index contributed by atoms with van der Waals surface area (Å²) in [5, 5.41) is 38.3. The van der Waals surface area contributed by atoms with Crippen molar-refractivity contribution in [3.8, 4) is 0 Å². The monoisotopic (exact) mass is 453 g/mol. The minimum Gasteiger partial charge on any atom is -0.458 e. The van der Waals surface area contributed by atoms with Crippen molar-refractivity contribution in [1.29, 1.82) is 0 Å². The van der Waals surface area contributed by atoms with Crippen molar-refractivity contribution in [3.63, 3.8) is 0 Å². The number of likely N-dealkylation sites (N-methyl/N-ethyl adjacent to an activating group) is 1. The van der Waals surface area contributed by atoms with Crippen LogP contribution < -0.4 is 5.32 Å². The van der Waals surface area contributed by atoms with Gasteiger partial charge in [-0.3, -0.25) is 4.79 Å². The topological polar surface area (TPSA) is 161 Å². The molecule has 4 heterocycles. The summed E-state index contributed by atoms with van der Waals surface area (Å²) in [5.41, 5.74) is -8.63. The van der Waals surface area contributed by atoms with E-state index in [2.05, 4.69) is 5.32 Å². The predicted molar refractivity (Wildman–Crippen MR) is 100 cm³/mol. The first-order valence-corrected chi connectivity index (χ1v) is 10.9. The SMILES string of the molecule is CN[C@@H]1[C@H]2OC(=O)[C@@]34O[C@@H]5OC(=O)[C@H](O)[C@@]5([C@@H]1C(C)(C)C)[C@]23[C@@H](O)[C@@H]1OC(=O)[C@@H](C)[C@@]14O. The molecule has 6 fully saturated rings. The fraction of sp³-hybridized carbons (Fsp3) is 0.857. The Morgan fingerprint density at radius 2 is 1.66 bits per heavy atom. The van der Waals surface area contributed by atoms with Crippen molar-refractivity contribution in [2.45, 2.75) is 75.6 Å².